The molecule has 11 rings (SSSR count). The molecule has 2 aromatic heterocycles. The number of aromatic hydroxyl groups is 1. The van der Waals surface area contributed by atoms with E-state index in [1.54, 1.807) is 6.07 Å². The molecule has 0 amide bonds. The van der Waals surface area contributed by atoms with Crippen LogP contribution in [-0.2, 0) is 12.8 Å². The number of hydrogen-bond acceptors (Lipinski definition) is 4. The molecular weight excluding hydrogens is 855 g/mol. The molecule has 1 aliphatic carbocycles. The number of phenols is 1. The van der Waals surface area contributed by atoms with Crippen molar-refractivity contribution in [3.63, 3.8) is 0 Å². The number of amidine groups is 1. The third kappa shape index (κ3) is 7.31. The Morgan fingerprint density at radius 2 is 1.09 bits per heavy atom. The number of pyridine rings is 1. The van der Waals surface area contributed by atoms with Gasteiger partial charge < -0.3 is 9.52 Å². The Bertz CT molecular complexity index is 3670. The number of anilines is 2. The fourth-order valence-corrected chi connectivity index (χ4v) is 11.9. The molecule has 8 aromatic carbocycles. The molecule has 0 saturated heterocycles. The number of para-hydroxylation sites is 2. The summed E-state index contributed by atoms with van der Waals surface area (Å²) in [5.74, 6) is 0.459. The second kappa shape index (κ2) is 17.2. The van der Waals surface area contributed by atoms with Gasteiger partial charge in [-0.2, -0.15) is 0 Å². The van der Waals surface area contributed by atoms with Gasteiger partial charge in [0.2, 0.25) is 0 Å². The number of rotatable bonds is 7. The van der Waals surface area contributed by atoms with Crippen LogP contribution in [-0.4, -0.2) is 15.9 Å². The van der Waals surface area contributed by atoms with E-state index < -0.39 is 0 Å². The Labute approximate surface area is 411 Å². The van der Waals surface area contributed by atoms with Gasteiger partial charge in [0.25, 0.3) is 0 Å². The normalized spacial score (nSPS) is 12.1. The maximum absolute atomic E-state index is 11.2. The summed E-state index contributed by atoms with van der Waals surface area (Å²) in [6, 6.07) is 51.6. The van der Waals surface area contributed by atoms with Crippen LogP contribution in [0.25, 0.3) is 77.7 Å². The number of benzene rings is 8. The number of nitrogens with zero attached hydrogens (tertiary/aromatic N) is 2. The van der Waals surface area contributed by atoms with Gasteiger partial charge in [-0.05, 0) is 206 Å². The summed E-state index contributed by atoms with van der Waals surface area (Å²) >= 11 is 0. The molecule has 5 nitrogen and oxygen atoms in total. The van der Waals surface area contributed by atoms with Crippen LogP contribution >= 0.6 is 0 Å². The summed E-state index contributed by atoms with van der Waals surface area (Å²) in [5.41, 5.74) is 27.3. The minimum Gasteiger partial charge on any atom is -0.507 e. The molecular formula is C65H57N3O2. The lowest BCUT2D eigenvalue weighted by Crippen LogP contribution is -2.29. The van der Waals surface area contributed by atoms with E-state index >= 15 is 0 Å². The Kier molecular flexibility index (Phi) is 10.9. The van der Waals surface area contributed by atoms with E-state index in [2.05, 4.69) is 182 Å². The fourth-order valence-electron chi connectivity index (χ4n) is 11.9. The molecule has 70 heavy (non-hydrogen) atoms. The first-order chi connectivity index (χ1) is 33.8. The molecule has 0 radical (unpaired) electrons. The Morgan fingerprint density at radius 1 is 0.500 bits per heavy atom. The van der Waals surface area contributed by atoms with Crippen LogP contribution in [0.15, 0.2) is 150 Å². The van der Waals surface area contributed by atoms with Crippen LogP contribution in [0.2, 0.25) is 0 Å². The van der Waals surface area contributed by atoms with Crippen LogP contribution in [0.5, 0.6) is 5.75 Å². The SMILES string of the molecule is Cc1cc(C)c(-c2cccc(-c3c(C)cc(C)cc3C)c2-c2ccc(N(C(=N)c3ccc4c(n3)-c3c(O)cccc3CC4)c3c(C)cccc3C)c(C)c2-c2ccc3c(c2)oc2ccccc23)c(C)c1. The molecule has 0 atom stereocenters. The van der Waals surface area contributed by atoms with Crippen molar-refractivity contribution in [2.45, 2.75) is 75.2 Å². The number of furan rings is 1. The summed E-state index contributed by atoms with van der Waals surface area (Å²) in [4.78, 5) is 7.38. The fraction of sp³-hybridized carbons (Fsp3) is 0.169. The predicted molar refractivity (Wildman–Crippen MR) is 292 cm³/mol. The minimum absolute atomic E-state index is 0.213. The van der Waals surface area contributed by atoms with Gasteiger partial charge in [-0.1, -0.05) is 120 Å². The van der Waals surface area contributed by atoms with Gasteiger partial charge in [0.15, 0.2) is 5.84 Å². The smallest absolute Gasteiger partial charge is 0.156 e. The largest absolute Gasteiger partial charge is 0.507 e. The first-order valence-corrected chi connectivity index (χ1v) is 24.4. The quantitative estimate of drug-likeness (QED) is 0.123. The van der Waals surface area contributed by atoms with Crippen molar-refractivity contribution in [3.05, 3.63) is 212 Å². The van der Waals surface area contributed by atoms with Gasteiger partial charge in [0.1, 0.15) is 22.6 Å². The Morgan fingerprint density at radius 3 is 1.76 bits per heavy atom. The highest BCUT2D eigenvalue weighted by atomic mass is 16.3. The number of aryl methyl sites for hydroxylation is 10. The third-order valence-corrected chi connectivity index (χ3v) is 14.7. The molecule has 0 spiro atoms. The van der Waals surface area contributed by atoms with Gasteiger partial charge in [0, 0.05) is 16.3 Å². The van der Waals surface area contributed by atoms with Gasteiger partial charge in [-0.3, -0.25) is 10.3 Å². The zero-order valence-corrected chi connectivity index (χ0v) is 41.5. The molecule has 2 heterocycles. The zero-order chi connectivity index (χ0) is 48.7. The van der Waals surface area contributed by atoms with Crippen LogP contribution in [0.3, 0.4) is 0 Å². The van der Waals surface area contributed by atoms with E-state index in [-0.39, 0.29) is 11.6 Å². The second-order valence-electron chi connectivity index (χ2n) is 19.7. The van der Waals surface area contributed by atoms with Crippen molar-refractivity contribution in [3.8, 4) is 61.5 Å². The molecule has 5 heteroatoms. The molecule has 10 aromatic rings. The highest BCUT2D eigenvalue weighted by molar-refractivity contribution is 6.15. The molecule has 344 valence electrons. The Hall–Kier alpha value is -8.02. The molecule has 1 aliphatic rings. The van der Waals surface area contributed by atoms with E-state index in [1.807, 2.05) is 24.3 Å². The lowest BCUT2D eigenvalue weighted by molar-refractivity contribution is 0.476. The van der Waals surface area contributed by atoms with Crippen molar-refractivity contribution < 1.29 is 9.52 Å². The third-order valence-electron chi connectivity index (χ3n) is 14.7. The van der Waals surface area contributed by atoms with Crippen molar-refractivity contribution in [1.82, 2.24) is 4.98 Å². The molecule has 0 unspecified atom stereocenters. The molecule has 0 bridgehead atoms. The van der Waals surface area contributed by atoms with E-state index in [9.17, 15) is 10.5 Å². The number of nitrogens with one attached hydrogen (secondary N) is 1. The monoisotopic (exact) mass is 911 g/mol. The maximum atomic E-state index is 11.2. The number of aromatic nitrogens is 1. The van der Waals surface area contributed by atoms with E-state index in [0.717, 1.165) is 107 Å². The van der Waals surface area contributed by atoms with Gasteiger partial charge in [-0.15, -0.1) is 0 Å². The maximum Gasteiger partial charge on any atom is 0.156 e. The molecule has 0 aliphatic heterocycles. The minimum atomic E-state index is 0.213. The van der Waals surface area contributed by atoms with Crippen LogP contribution < -0.4 is 4.90 Å². The van der Waals surface area contributed by atoms with Gasteiger partial charge in [-0.25, -0.2) is 4.98 Å². The summed E-state index contributed by atoms with van der Waals surface area (Å²) in [6.07, 6.45) is 1.65. The highest BCUT2D eigenvalue weighted by Gasteiger charge is 2.30. The highest BCUT2D eigenvalue weighted by Crippen LogP contribution is 2.51. The second-order valence-corrected chi connectivity index (χ2v) is 19.7. The molecule has 0 fully saturated rings. The molecule has 0 saturated carbocycles. The summed E-state index contributed by atoms with van der Waals surface area (Å²) in [6.45, 7) is 19.8. The first kappa shape index (κ1) is 44.5. The summed E-state index contributed by atoms with van der Waals surface area (Å²) < 4.78 is 6.65. The molecule has 2 N–H and O–H groups in total. The first-order valence-electron chi connectivity index (χ1n) is 24.4. The average molecular weight is 912 g/mol. The topological polar surface area (TPSA) is 73.4 Å². The van der Waals surface area contributed by atoms with Crippen molar-refractivity contribution in [2.75, 3.05) is 4.90 Å². The van der Waals surface area contributed by atoms with Crippen molar-refractivity contribution in [2.24, 2.45) is 0 Å². The lowest BCUT2D eigenvalue weighted by atomic mass is 9.79. The predicted octanol–water partition coefficient (Wildman–Crippen LogP) is 17.1. The van der Waals surface area contributed by atoms with E-state index in [0.29, 0.717) is 5.69 Å². The van der Waals surface area contributed by atoms with Crippen molar-refractivity contribution in [1.29, 1.82) is 5.41 Å². The number of fused-ring (bicyclic) bond motifs is 6. The van der Waals surface area contributed by atoms with Crippen LogP contribution in [0.4, 0.5) is 11.4 Å². The van der Waals surface area contributed by atoms with Crippen LogP contribution in [0.1, 0.15) is 66.9 Å². The van der Waals surface area contributed by atoms with E-state index in [1.165, 1.54) is 55.6 Å². The van der Waals surface area contributed by atoms with Gasteiger partial charge in [0.05, 0.1) is 17.1 Å². The van der Waals surface area contributed by atoms with Crippen molar-refractivity contribution >= 4 is 39.1 Å². The standard InChI is InChI=1S/C65H57N3O2/c1-36-31-40(5)58(41(6)32-36)50-19-14-20-51(59-42(7)33-37(2)34-43(59)8)62(50)52-28-30-54(44(9)60(52)47-25-27-49-48-18-10-11-22-56(48)70-57(49)35-47)68(64-38(3)15-12-16-39(64)4)65(66)53-29-26-46-24-23-45-17-13-21-55(69)61(45)63(46)67-53/h10-22,25-35,66,69H,23-24H2,1-9H3. The summed E-state index contributed by atoms with van der Waals surface area (Å²) in [5, 5.41) is 23.8. The summed E-state index contributed by atoms with van der Waals surface area (Å²) in [7, 11) is 0. The number of hydrogen-bond donors (Lipinski definition) is 2. The van der Waals surface area contributed by atoms with E-state index in [4.69, 9.17) is 9.40 Å². The van der Waals surface area contributed by atoms with Gasteiger partial charge >= 0.3 is 0 Å². The number of phenolic OH excluding ortho intramolecular Hbond substituents is 1. The zero-order valence-electron chi connectivity index (χ0n) is 41.5. The van der Waals surface area contributed by atoms with Crippen LogP contribution in [0, 0.1) is 67.7 Å². The Balaban J connectivity index is 1.23. The lowest BCUT2D eigenvalue weighted by Gasteiger charge is -2.32. The average Bonchev–Trinajstić information content (AvgIpc) is 3.70.